The van der Waals surface area contributed by atoms with E-state index in [1.165, 1.54) is 42.3 Å². The number of aromatic nitrogens is 2. The molecule has 0 radical (unpaired) electrons. The topological polar surface area (TPSA) is 141 Å². The van der Waals surface area contributed by atoms with Crippen LogP contribution < -0.4 is 10.2 Å². The lowest BCUT2D eigenvalue weighted by molar-refractivity contribution is -0.383. The molecule has 178 valence electrons. The molecular weight excluding hydrogens is 449 g/mol. The van der Waals surface area contributed by atoms with Crippen molar-refractivity contribution in [2.45, 2.75) is 38.6 Å². The average Bonchev–Trinajstić information content (AvgIpc) is 3.53. The summed E-state index contributed by atoms with van der Waals surface area (Å²) in [5.41, 5.74) is 0.632. The number of nitro groups is 1. The zero-order valence-electron chi connectivity index (χ0n) is 18.6. The number of nitrogens with zero attached hydrogens (tertiary/aromatic N) is 4. The molecule has 0 spiro atoms. The maximum atomic E-state index is 14.2. The number of hydrogen-bond acceptors (Lipinski definition) is 8. The van der Waals surface area contributed by atoms with Crippen molar-refractivity contribution in [1.29, 1.82) is 0 Å². The lowest BCUT2D eigenvalue weighted by Gasteiger charge is -2.31. The molecule has 1 aliphatic rings. The maximum Gasteiger partial charge on any atom is 0.407 e. The van der Waals surface area contributed by atoms with Gasteiger partial charge in [-0.1, -0.05) is 13.8 Å². The van der Waals surface area contributed by atoms with Gasteiger partial charge in [0.05, 0.1) is 23.4 Å². The van der Waals surface area contributed by atoms with Gasteiger partial charge in [-0.05, 0) is 64.8 Å². The molecule has 0 aliphatic heterocycles. The maximum absolute atomic E-state index is 14.2. The second-order valence-corrected chi connectivity index (χ2v) is 8.33. The molecule has 1 aromatic heterocycles. The molecule has 1 aliphatic carbocycles. The van der Waals surface area contributed by atoms with Crippen molar-refractivity contribution in [3.05, 3.63) is 51.8 Å². The van der Waals surface area contributed by atoms with E-state index in [1.807, 2.05) is 0 Å². The number of anilines is 2. The third-order valence-corrected chi connectivity index (χ3v) is 5.67. The molecule has 11 nitrogen and oxygen atoms in total. The molecule has 1 saturated carbocycles. The number of non-ortho nitro benzene ring substituents is 1. The predicted octanol–water partition coefficient (Wildman–Crippen LogP) is 4.19. The fourth-order valence-electron chi connectivity index (χ4n) is 3.82. The van der Waals surface area contributed by atoms with Gasteiger partial charge in [0, 0.05) is 6.07 Å². The van der Waals surface area contributed by atoms with E-state index >= 15 is 0 Å². The van der Waals surface area contributed by atoms with Gasteiger partial charge in [0.2, 0.25) is 5.52 Å². The van der Waals surface area contributed by atoms with Crippen LogP contribution in [-0.4, -0.2) is 40.4 Å². The Hall–Kier alpha value is -4.09. The summed E-state index contributed by atoms with van der Waals surface area (Å²) < 4.78 is 23.6. The SMILES string of the molecule is COC(=O)NC(C(=O)N(c1ccc(F)cc1C1CC1)c1ccc([N+](=O)[O-])c2nonc12)C(C)C. The zero-order valence-corrected chi connectivity index (χ0v) is 18.6. The van der Waals surface area contributed by atoms with Gasteiger partial charge in [-0.3, -0.25) is 19.8 Å². The summed E-state index contributed by atoms with van der Waals surface area (Å²) >= 11 is 0. The Morgan fingerprint density at radius 2 is 1.88 bits per heavy atom. The summed E-state index contributed by atoms with van der Waals surface area (Å²) in [6, 6.07) is 5.59. The molecule has 1 heterocycles. The van der Waals surface area contributed by atoms with Gasteiger partial charge in [0.25, 0.3) is 5.91 Å². The van der Waals surface area contributed by atoms with Gasteiger partial charge < -0.3 is 10.1 Å². The Balaban J connectivity index is 1.94. The fourth-order valence-corrected chi connectivity index (χ4v) is 3.82. The first-order valence-corrected chi connectivity index (χ1v) is 10.6. The van der Waals surface area contributed by atoms with E-state index in [9.17, 15) is 24.1 Å². The molecule has 4 rings (SSSR count). The quantitative estimate of drug-likeness (QED) is 0.399. The molecular formula is C22H22FN5O6. The minimum absolute atomic E-state index is 0.0193. The van der Waals surface area contributed by atoms with Crippen LogP contribution in [0.4, 0.5) is 26.2 Å². The number of hydrogen-bond donors (Lipinski definition) is 1. The molecule has 2 amide bonds. The number of fused-ring (bicyclic) bond motifs is 1. The van der Waals surface area contributed by atoms with Crippen molar-refractivity contribution < 1.29 is 28.3 Å². The standard InChI is InChI=1S/C22H22FN5O6/c1-11(2)18(24-22(30)33-3)21(29)27(15-7-6-13(23)10-14(15)12-4-5-12)16-8-9-17(28(31)32)20-19(16)25-34-26-20/h6-12,18H,4-5H2,1-3H3,(H,24,30). The van der Waals surface area contributed by atoms with Crippen LogP contribution in [0.1, 0.15) is 38.2 Å². The highest BCUT2D eigenvalue weighted by atomic mass is 19.1. The monoisotopic (exact) mass is 471 g/mol. The normalized spacial score (nSPS) is 14.1. The first kappa shape index (κ1) is 23.1. The average molecular weight is 471 g/mol. The zero-order chi connectivity index (χ0) is 24.6. The van der Waals surface area contributed by atoms with Crippen molar-refractivity contribution in [2.75, 3.05) is 12.0 Å². The highest BCUT2D eigenvalue weighted by molar-refractivity contribution is 6.10. The van der Waals surface area contributed by atoms with E-state index in [2.05, 4.69) is 20.4 Å². The second-order valence-electron chi connectivity index (χ2n) is 8.33. The van der Waals surface area contributed by atoms with Crippen molar-refractivity contribution in [3.63, 3.8) is 0 Å². The first-order valence-electron chi connectivity index (χ1n) is 10.6. The molecule has 2 aromatic carbocycles. The van der Waals surface area contributed by atoms with E-state index in [0.29, 0.717) is 11.3 Å². The Morgan fingerprint density at radius 3 is 2.50 bits per heavy atom. The molecule has 3 aromatic rings. The lowest BCUT2D eigenvalue weighted by Crippen LogP contribution is -2.50. The van der Waals surface area contributed by atoms with Gasteiger partial charge >= 0.3 is 11.8 Å². The minimum atomic E-state index is -1.03. The Labute approximate surface area is 193 Å². The van der Waals surface area contributed by atoms with Crippen LogP contribution in [0, 0.1) is 21.8 Å². The summed E-state index contributed by atoms with van der Waals surface area (Å²) in [4.78, 5) is 38.0. The predicted molar refractivity (Wildman–Crippen MR) is 118 cm³/mol. The van der Waals surface area contributed by atoms with E-state index < -0.39 is 28.8 Å². The fraction of sp³-hybridized carbons (Fsp3) is 0.364. The number of ether oxygens (including phenoxy) is 1. The van der Waals surface area contributed by atoms with Gasteiger partial charge in [-0.2, -0.15) is 0 Å². The summed E-state index contributed by atoms with van der Waals surface area (Å²) in [7, 11) is 1.18. The smallest absolute Gasteiger partial charge is 0.407 e. The number of carbonyl (C=O) groups is 2. The molecule has 12 heteroatoms. The van der Waals surface area contributed by atoms with Crippen molar-refractivity contribution in [1.82, 2.24) is 15.6 Å². The molecule has 1 N–H and O–H groups in total. The molecule has 0 bridgehead atoms. The molecule has 1 atom stereocenters. The highest BCUT2D eigenvalue weighted by Gasteiger charge is 2.37. The Bertz CT molecular complexity index is 1270. The number of halogens is 1. The summed E-state index contributed by atoms with van der Waals surface area (Å²) in [5.74, 6) is -1.32. The summed E-state index contributed by atoms with van der Waals surface area (Å²) in [6.45, 7) is 3.48. The van der Waals surface area contributed by atoms with Gasteiger partial charge in [-0.15, -0.1) is 0 Å². The molecule has 34 heavy (non-hydrogen) atoms. The first-order chi connectivity index (χ1) is 16.2. The lowest BCUT2D eigenvalue weighted by atomic mass is 10.00. The van der Waals surface area contributed by atoms with Gasteiger partial charge in [0.1, 0.15) is 11.9 Å². The number of nitro benzene ring substituents is 1. The van der Waals surface area contributed by atoms with Gasteiger partial charge in [0.15, 0.2) is 5.52 Å². The number of rotatable bonds is 7. The summed E-state index contributed by atoms with van der Waals surface area (Å²) in [6.07, 6.45) is 0.854. The van der Waals surface area contributed by atoms with Crippen LogP contribution in [0.5, 0.6) is 0 Å². The van der Waals surface area contributed by atoms with E-state index in [0.717, 1.165) is 12.8 Å². The van der Waals surface area contributed by atoms with Crippen molar-refractivity contribution in [2.24, 2.45) is 5.92 Å². The summed E-state index contributed by atoms with van der Waals surface area (Å²) in [5, 5.41) is 21.4. The number of methoxy groups -OCH3 is 1. The number of alkyl carbamates (subject to hydrolysis) is 1. The Kier molecular flexibility index (Phi) is 6.14. The van der Waals surface area contributed by atoms with E-state index in [1.54, 1.807) is 13.8 Å². The number of benzene rings is 2. The van der Waals surface area contributed by atoms with Crippen molar-refractivity contribution in [3.8, 4) is 0 Å². The number of nitrogens with one attached hydrogen (secondary N) is 1. The third kappa shape index (κ3) is 4.26. The third-order valence-electron chi connectivity index (χ3n) is 5.67. The Morgan fingerprint density at radius 1 is 1.21 bits per heavy atom. The van der Waals surface area contributed by atoms with E-state index in [-0.39, 0.29) is 34.2 Å². The highest BCUT2D eigenvalue weighted by Crippen LogP contribution is 2.47. The molecule has 0 saturated heterocycles. The largest absolute Gasteiger partial charge is 0.453 e. The number of carbonyl (C=O) groups excluding carboxylic acids is 2. The van der Waals surface area contributed by atoms with Gasteiger partial charge in [-0.25, -0.2) is 13.8 Å². The van der Waals surface area contributed by atoms with Crippen LogP contribution in [0.15, 0.2) is 35.0 Å². The van der Waals surface area contributed by atoms with Crippen LogP contribution in [0.2, 0.25) is 0 Å². The van der Waals surface area contributed by atoms with Crippen LogP contribution in [0.3, 0.4) is 0 Å². The van der Waals surface area contributed by atoms with E-state index in [4.69, 9.17) is 4.63 Å². The van der Waals surface area contributed by atoms with Crippen molar-refractivity contribution >= 4 is 40.1 Å². The molecule has 1 unspecified atom stereocenters. The van der Waals surface area contributed by atoms with Crippen LogP contribution in [-0.2, 0) is 9.53 Å². The second kappa shape index (κ2) is 9.04. The van der Waals surface area contributed by atoms with Crippen LogP contribution >= 0.6 is 0 Å². The van der Waals surface area contributed by atoms with Crippen LogP contribution in [0.25, 0.3) is 11.0 Å². The minimum Gasteiger partial charge on any atom is -0.453 e. The number of amides is 2. The molecule has 1 fully saturated rings.